The van der Waals surface area contributed by atoms with Crippen LogP contribution in [0.4, 0.5) is 5.13 Å². The zero-order valence-corrected chi connectivity index (χ0v) is 18.6. The van der Waals surface area contributed by atoms with Gasteiger partial charge in [0.15, 0.2) is 5.13 Å². The van der Waals surface area contributed by atoms with Gasteiger partial charge in [-0.25, -0.2) is 4.98 Å². The molecule has 0 saturated carbocycles. The van der Waals surface area contributed by atoms with E-state index in [-0.39, 0.29) is 5.91 Å². The molecule has 4 rings (SSSR count). The average Bonchev–Trinajstić information content (AvgIpc) is 3.16. The zero-order valence-electron chi connectivity index (χ0n) is 17.8. The zero-order chi connectivity index (χ0) is 20.2. The van der Waals surface area contributed by atoms with Gasteiger partial charge in [0.1, 0.15) is 0 Å². The van der Waals surface area contributed by atoms with Crippen molar-refractivity contribution >= 4 is 32.6 Å². The second-order valence-electron chi connectivity index (χ2n) is 8.84. The lowest BCUT2D eigenvalue weighted by atomic mass is 10.00. The van der Waals surface area contributed by atoms with E-state index < -0.39 is 0 Å². The van der Waals surface area contributed by atoms with Crippen molar-refractivity contribution in [3.05, 3.63) is 23.8 Å². The molecule has 29 heavy (non-hydrogen) atoms. The van der Waals surface area contributed by atoms with Crippen LogP contribution < -0.4 is 10.2 Å². The summed E-state index contributed by atoms with van der Waals surface area (Å²) < 4.78 is 1.11. The van der Waals surface area contributed by atoms with Crippen molar-refractivity contribution < 1.29 is 4.79 Å². The number of nitrogens with zero attached hydrogens (tertiary/aromatic N) is 3. The molecule has 3 heterocycles. The Morgan fingerprint density at radius 3 is 2.79 bits per heavy atom. The number of benzene rings is 1. The second-order valence-corrected chi connectivity index (χ2v) is 9.85. The summed E-state index contributed by atoms with van der Waals surface area (Å²) >= 11 is 1.71. The van der Waals surface area contributed by atoms with Gasteiger partial charge in [-0.2, -0.15) is 0 Å². The van der Waals surface area contributed by atoms with Gasteiger partial charge in [0.05, 0.1) is 10.2 Å². The van der Waals surface area contributed by atoms with E-state index >= 15 is 0 Å². The molecule has 0 unspecified atom stereocenters. The first-order chi connectivity index (χ1) is 14.1. The number of nitrogens with one attached hydrogen (secondary N) is 1. The molecule has 1 atom stereocenters. The minimum atomic E-state index is 0.0281. The van der Waals surface area contributed by atoms with E-state index in [0.29, 0.717) is 6.04 Å². The summed E-state index contributed by atoms with van der Waals surface area (Å²) in [5.41, 5.74) is 1.74. The van der Waals surface area contributed by atoms with Crippen LogP contribution in [0.15, 0.2) is 18.2 Å². The molecule has 1 N–H and O–H groups in total. The largest absolute Gasteiger partial charge is 0.352 e. The molecule has 6 heteroatoms. The summed E-state index contributed by atoms with van der Waals surface area (Å²) in [5, 5.41) is 4.20. The van der Waals surface area contributed by atoms with Crippen LogP contribution in [0, 0.1) is 5.92 Å². The molecule has 2 aromatic rings. The fourth-order valence-electron chi connectivity index (χ4n) is 4.46. The molecule has 0 radical (unpaired) electrons. The highest BCUT2D eigenvalue weighted by atomic mass is 32.1. The number of likely N-dealkylation sites (tertiary alicyclic amines) is 1. The Balaban J connectivity index is 1.31. The van der Waals surface area contributed by atoms with Crippen LogP contribution in [-0.4, -0.2) is 54.6 Å². The van der Waals surface area contributed by atoms with Crippen LogP contribution in [0.1, 0.15) is 62.7 Å². The standard InChI is InChI=1S/C23H34N4OS/c1-17-9-14-27(15-10-17)23-25-20-8-7-19(16-21(20)29-23)22(28)24-11-5-13-26-12-4-3-6-18(26)2/h7-8,16-18H,3-6,9-15H2,1-2H3,(H,24,28)/t18-/m0/s1. The van der Waals surface area contributed by atoms with E-state index in [1.807, 2.05) is 18.2 Å². The molecular formula is C23H34N4OS. The summed E-state index contributed by atoms with van der Waals surface area (Å²) in [4.78, 5) is 22.4. The average molecular weight is 415 g/mol. The number of fused-ring (bicyclic) bond motifs is 1. The van der Waals surface area contributed by atoms with Crippen LogP contribution in [0.3, 0.4) is 0 Å². The monoisotopic (exact) mass is 414 g/mol. The molecule has 2 fully saturated rings. The second kappa shape index (κ2) is 9.43. The number of hydrogen-bond donors (Lipinski definition) is 1. The third-order valence-electron chi connectivity index (χ3n) is 6.54. The van der Waals surface area contributed by atoms with Crippen LogP contribution in [0.5, 0.6) is 0 Å². The Kier molecular flexibility index (Phi) is 6.70. The van der Waals surface area contributed by atoms with Crippen molar-refractivity contribution in [3.8, 4) is 0 Å². The van der Waals surface area contributed by atoms with Gasteiger partial charge in [-0.15, -0.1) is 0 Å². The number of carbonyl (C=O) groups excluding carboxylic acids is 1. The first-order valence-corrected chi connectivity index (χ1v) is 12.1. The molecule has 1 amide bonds. The number of anilines is 1. The van der Waals surface area contributed by atoms with Crippen LogP contribution in [-0.2, 0) is 0 Å². The lowest BCUT2D eigenvalue weighted by molar-refractivity contribution is 0.0949. The Bertz CT molecular complexity index is 827. The van der Waals surface area contributed by atoms with Crippen molar-refractivity contribution in [2.45, 2.75) is 58.4 Å². The van der Waals surface area contributed by atoms with Crippen molar-refractivity contribution in [2.24, 2.45) is 5.92 Å². The topological polar surface area (TPSA) is 48.5 Å². The Labute approximate surface area is 178 Å². The van der Waals surface area contributed by atoms with Gasteiger partial charge >= 0.3 is 0 Å². The summed E-state index contributed by atoms with van der Waals surface area (Å²) in [6, 6.07) is 6.59. The van der Waals surface area contributed by atoms with Crippen molar-refractivity contribution in [3.63, 3.8) is 0 Å². The summed E-state index contributed by atoms with van der Waals surface area (Å²) in [6.45, 7) is 9.84. The van der Waals surface area contributed by atoms with Crippen LogP contribution in [0.2, 0.25) is 0 Å². The van der Waals surface area contributed by atoms with Gasteiger partial charge < -0.3 is 15.1 Å². The first kappa shape index (κ1) is 20.6. The van der Waals surface area contributed by atoms with E-state index in [1.54, 1.807) is 11.3 Å². The maximum Gasteiger partial charge on any atom is 0.251 e. The molecule has 0 aliphatic carbocycles. The lowest BCUT2D eigenvalue weighted by Gasteiger charge is -2.33. The summed E-state index contributed by atoms with van der Waals surface area (Å²) in [5.74, 6) is 0.842. The third-order valence-corrected chi connectivity index (χ3v) is 7.62. The first-order valence-electron chi connectivity index (χ1n) is 11.3. The normalized spacial score (nSPS) is 21.6. The number of hydrogen-bond acceptors (Lipinski definition) is 5. The Hall–Kier alpha value is -1.66. The number of rotatable bonds is 6. The molecule has 1 aromatic carbocycles. The SMILES string of the molecule is CC1CCN(c2nc3ccc(C(=O)NCCCN4CCCC[C@@H]4C)cc3s2)CC1. The molecule has 2 aliphatic heterocycles. The fraction of sp³-hybridized carbons (Fsp3) is 0.652. The lowest BCUT2D eigenvalue weighted by Crippen LogP contribution is -2.39. The van der Waals surface area contributed by atoms with E-state index in [0.717, 1.165) is 59.4 Å². The molecule has 1 aromatic heterocycles. The van der Waals surface area contributed by atoms with E-state index in [4.69, 9.17) is 4.98 Å². The summed E-state index contributed by atoms with van der Waals surface area (Å²) in [7, 11) is 0. The molecule has 0 spiro atoms. The predicted molar refractivity (Wildman–Crippen MR) is 122 cm³/mol. The van der Waals surface area contributed by atoms with Crippen LogP contribution >= 0.6 is 11.3 Å². The van der Waals surface area contributed by atoms with Crippen LogP contribution in [0.25, 0.3) is 10.2 Å². The molecule has 158 valence electrons. The summed E-state index contributed by atoms with van der Waals surface area (Å²) in [6.07, 6.45) is 7.45. The minimum Gasteiger partial charge on any atom is -0.352 e. The van der Waals surface area contributed by atoms with Gasteiger partial charge in [-0.1, -0.05) is 24.7 Å². The smallest absolute Gasteiger partial charge is 0.251 e. The number of thiazole rings is 1. The van der Waals surface area contributed by atoms with E-state index in [1.165, 1.54) is 38.6 Å². The highest BCUT2D eigenvalue weighted by Crippen LogP contribution is 2.32. The Morgan fingerprint density at radius 2 is 2.00 bits per heavy atom. The minimum absolute atomic E-state index is 0.0281. The molecule has 0 bridgehead atoms. The predicted octanol–water partition coefficient (Wildman–Crippen LogP) is 4.53. The third kappa shape index (κ3) is 5.10. The highest BCUT2D eigenvalue weighted by Gasteiger charge is 2.20. The molecular weight excluding hydrogens is 380 g/mol. The van der Waals surface area contributed by atoms with Crippen molar-refractivity contribution in [1.82, 2.24) is 15.2 Å². The van der Waals surface area contributed by atoms with E-state index in [9.17, 15) is 4.79 Å². The fourth-order valence-corrected chi connectivity index (χ4v) is 5.52. The van der Waals surface area contributed by atoms with Gasteiger partial charge in [0.2, 0.25) is 0 Å². The highest BCUT2D eigenvalue weighted by molar-refractivity contribution is 7.22. The van der Waals surface area contributed by atoms with Gasteiger partial charge in [0.25, 0.3) is 5.91 Å². The van der Waals surface area contributed by atoms with Gasteiger partial charge in [0, 0.05) is 37.8 Å². The molecule has 2 saturated heterocycles. The number of amides is 1. The van der Waals surface area contributed by atoms with Gasteiger partial charge in [-0.05, 0) is 69.7 Å². The quantitative estimate of drug-likeness (QED) is 0.706. The Morgan fingerprint density at radius 1 is 1.17 bits per heavy atom. The molecule has 5 nitrogen and oxygen atoms in total. The van der Waals surface area contributed by atoms with Gasteiger partial charge in [-0.3, -0.25) is 4.79 Å². The van der Waals surface area contributed by atoms with E-state index in [2.05, 4.69) is 29.0 Å². The number of piperidine rings is 2. The number of carbonyl (C=O) groups is 1. The maximum atomic E-state index is 12.6. The van der Waals surface area contributed by atoms with Crippen molar-refractivity contribution in [1.29, 1.82) is 0 Å². The number of aromatic nitrogens is 1. The van der Waals surface area contributed by atoms with Crippen molar-refractivity contribution in [2.75, 3.05) is 37.6 Å². The maximum absolute atomic E-state index is 12.6. The molecule has 2 aliphatic rings.